The highest BCUT2D eigenvalue weighted by atomic mass is 16.5. The first-order valence-electron chi connectivity index (χ1n) is 5.64. The van der Waals surface area contributed by atoms with Crippen LogP contribution in [-0.4, -0.2) is 5.97 Å². The molecule has 2 rings (SSSR count). The second-order valence-corrected chi connectivity index (χ2v) is 3.84. The van der Waals surface area contributed by atoms with Crippen molar-refractivity contribution in [1.29, 1.82) is 5.26 Å². The van der Waals surface area contributed by atoms with Gasteiger partial charge in [-0.15, -0.1) is 0 Å². The van der Waals surface area contributed by atoms with Gasteiger partial charge in [-0.2, -0.15) is 5.26 Å². The smallest absolute Gasteiger partial charge is 0.163 e. The van der Waals surface area contributed by atoms with Crippen molar-refractivity contribution < 1.29 is 14.6 Å². The molecular weight excluding hydrogens is 242 g/mol. The second kappa shape index (κ2) is 5.69. The summed E-state index contributed by atoms with van der Waals surface area (Å²) in [6.07, 6.45) is -1.24. The van der Waals surface area contributed by atoms with Crippen molar-refractivity contribution in [1.82, 2.24) is 0 Å². The number of rotatable bonds is 4. The van der Waals surface area contributed by atoms with Crippen LogP contribution in [-0.2, 0) is 4.79 Å². The largest absolute Gasteiger partial charge is 0.546 e. The van der Waals surface area contributed by atoms with Gasteiger partial charge in [-0.1, -0.05) is 42.5 Å². The van der Waals surface area contributed by atoms with Crippen LogP contribution in [0.5, 0.6) is 5.75 Å². The van der Waals surface area contributed by atoms with Crippen molar-refractivity contribution in [2.45, 2.75) is 6.10 Å². The third-order valence-corrected chi connectivity index (χ3v) is 2.57. The van der Waals surface area contributed by atoms with E-state index in [1.165, 1.54) is 0 Å². The van der Waals surface area contributed by atoms with Gasteiger partial charge < -0.3 is 14.6 Å². The summed E-state index contributed by atoms with van der Waals surface area (Å²) in [5.41, 5.74) is 0.750. The van der Waals surface area contributed by atoms with E-state index < -0.39 is 12.1 Å². The molecule has 2 aromatic carbocycles. The minimum atomic E-state index is -1.35. The highest BCUT2D eigenvalue weighted by molar-refractivity contribution is 5.73. The van der Waals surface area contributed by atoms with Crippen molar-refractivity contribution in [3.05, 3.63) is 65.7 Å². The van der Waals surface area contributed by atoms with E-state index in [0.717, 1.165) is 0 Å². The number of hydrogen-bond acceptors (Lipinski definition) is 4. The maximum atomic E-state index is 11.2. The van der Waals surface area contributed by atoms with Crippen LogP contribution in [0.15, 0.2) is 54.6 Å². The predicted molar refractivity (Wildman–Crippen MR) is 66.0 cm³/mol. The Labute approximate surface area is 110 Å². The molecular formula is C15H10NO3-. The molecule has 19 heavy (non-hydrogen) atoms. The lowest BCUT2D eigenvalue weighted by atomic mass is 10.1. The van der Waals surface area contributed by atoms with Gasteiger partial charge in [0.2, 0.25) is 0 Å². The molecule has 4 heteroatoms. The number of hydrogen-bond donors (Lipinski definition) is 0. The van der Waals surface area contributed by atoms with Crippen molar-refractivity contribution >= 4 is 5.97 Å². The first-order valence-corrected chi connectivity index (χ1v) is 5.64. The second-order valence-electron chi connectivity index (χ2n) is 3.84. The number of carbonyl (C=O) groups excluding carboxylic acids is 1. The number of benzene rings is 2. The van der Waals surface area contributed by atoms with Gasteiger partial charge in [0.15, 0.2) is 6.10 Å². The molecule has 0 N–H and O–H groups in total. The molecule has 1 unspecified atom stereocenters. The third-order valence-electron chi connectivity index (χ3n) is 2.57. The number of nitrogens with zero attached hydrogens (tertiary/aromatic N) is 1. The van der Waals surface area contributed by atoms with Gasteiger partial charge in [-0.25, -0.2) is 0 Å². The number of ether oxygens (including phenoxy) is 1. The van der Waals surface area contributed by atoms with Crippen molar-refractivity contribution in [3.8, 4) is 11.8 Å². The van der Waals surface area contributed by atoms with Crippen LogP contribution < -0.4 is 9.84 Å². The number of para-hydroxylation sites is 1. The van der Waals surface area contributed by atoms with Crippen LogP contribution in [0.4, 0.5) is 0 Å². The molecule has 0 saturated heterocycles. The molecule has 0 radical (unpaired) electrons. The Morgan fingerprint density at radius 1 is 1.11 bits per heavy atom. The molecule has 0 aliphatic carbocycles. The number of aliphatic carboxylic acids is 1. The average molecular weight is 252 g/mol. The van der Waals surface area contributed by atoms with E-state index in [0.29, 0.717) is 5.56 Å². The maximum absolute atomic E-state index is 11.2. The molecule has 0 fully saturated rings. The molecule has 1 atom stereocenters. The van der Waals surface area contributed by atoms with Crippen LogP contribution >= 0.6 is 0 Å². The molecule has 4 nitrogen and oxygen atoms in total. The van der Waals surface area contributed by atoms with Gasteiger partial charge in [0.1, 0.15) is 11.8 Å². The molecule has 0 aromatic heterocycles. The summed E-state index contributed by atoms with van der Waals surface area (Å²) < 4.78 is 5.40. The van der Waals surface area contributed by atoms with E-state index in [4.69, 9.17) is 10.00 Å². The van der Waals surface area contributed by atoms with E-state index in [1.54, 1.807) is 54.6 Å². The summed E-state index contributed by atoms with van der Waals surface area (Å²) in [4.78, 5) is 11.2. The zero-order valence-corrected chi connectivity index (χ0v) is 9.95. The monoisotopic (exact) mass is 252 g/mol. The van der Waals surface area contributed by atoms with Gasteiger partial charge in [0, 0.05) is 0 Å². The summed E-state index contributed by atoms with van der Waals surface area (Å²) >= 11 is 0. The van der Waals surface area contributed by atoms with Crippen LogP contribution in [0.1, 0.15) is 17.2 Å². The number of carboxylic acid groups (broad SMARTS) is 1. The van der Waals surface area contributed by atoms with Crippen LogP contribution in [0.2, 0.25) is 0 Å². The van der Waals surface area contributed by atoms with E-state index in [2.05, 4.69) is 0 Å². The molecule has 0 bridgehead atoms. The summed E-state index contributed by atoms with van der Waals surface area (Å²) in [5, 5.41) is 20.1. The van der Waals surface area contributed by atoms with Gasteiger partial charge in [0.25, 0.3) is 0 Å². The minimum Gasteiger partial charge on any atom is -0.546 e. The Bertz CT molecular complexity index is 617. The fourth-order valence-electron chi connectivity index (χ4n) is 1.67. The Morgan fingerprint density at radius 3 is 2.37 bits per heavy atom. The number of carbonyl (C=O) groups is 1. The predicted octanol–water partition coefficient (Wildman–Crippen LogP) is 1.43. The molecule has 0 amide bonds. The number of nitriles is 1. The SMILES string of the molecule is N#Cc1ccccc1OC(C(=O)[O-])c1ccccc1. The summed E-state index contributed by atoms with van der Waals surface area (Å²) in [7, 11) is 0. The lowest BCUT2D eigenvalue weighted by molar-refractivity contribution is -0.314. The zero-order valence-electron chi connectivity index (χ0n) is 9.95. The van der Waals surface area contributed by atoms with Crippen LogP contribution in [0.25, 0.3) is 0 Å². The Hall–Kier alpha value is -2.80. The lowest BCUT2D eigenvalue weighted by Crippen LogP contribution is -2.33. The molecule has 0 saturated carbocycles. The van der Waals surface area contributed by atoms with Gasteiger partial charge in [-0.05, 0) is 17.7 Å². The quantitative estimate of drug-likeness (QED) is 0.825. The highest BCUT2D eigenvalue weighted by Crippen LogP contribution is 2.24. The first kappa shape index (κ1) is 12.7. The van der Waals surface area contributed by atoms with Crippen LogP contribution in [0.3, 0.4) is 0 Å². The summed E-state index contributed by atoms with van der Waals surface area (Å²) in [6.45, 7) is 0. The van der Waals surface area contributed by atoms with Gasteiger partial charge >= 0.3 is 0 Å². The fraction of sp³-hybridized carbons (Fsp3) is 0.0667. The molecule has 2 aromatic rings. The lowest BCUT2D eigenvalue weighted by Gasteiger charge is -2.20. The Balaban J connectivity index is 2.33. The average Bonchev–Trinajstić information content (AvgIpc) is 2.45. The summed E-state index contributed by atoms with van der Waals surface area (Å²) in [5.74, 6) is -1.12. The molecule has 0 spiro atoms. The van der Waals surface area contributed by atoms with Crippen LogP contribution in [0, 0.1) is 11.3 Å². The minimum absolute atomic E-state index is 0.225. The van der Waals surface area contributed by atoms with E-state index in [9.17, 15) is 9.90 Å². The van der Waals surface area contributed by atoms with Crippen molar-refractivity contribution in [3.63, 3.8) is 0 Å². The standard InChI is InChI=1S/C15H11NO3/c16-10-12-8-4-5-9-13(12)19-14(15(17)18)11-6-2-1-3-7-11/h1-9,14H,(H,17,18)/p-1. The molecule has 94 valence electrons. The molecule has 0 aliphatic heterocycles. The normalized spacial score (nSPS) is 11.3. The van der Waals surface area contributed by atoms with Crippen molar-refractivity contribution in [2.75, 3.05) is 0 Å². The molecule has 0 aliphatic rings. The van der Waals surface area contributed by atoms with E-state index in [-0.39, 0.29) is 11.3 Å². The zero-order chi connectivity index (χ0) is 13.7. The summed E-state index contributed by atoms with van der Waals surface area (Å²) in [6, 6.07) is 16.9. The fourth-order valence-corrected chi connectivity index (χ4v) is 1.67. The Morgan fingerprint density at radius 2 is 1.74 bits per heavy atom. The van der Waals surface area contributed by atoms with Crippen molar-refractivity contribution in [2.24, 2.45) is 0 Å². The Kier molecular flexibility index (Phi) is 3.79. The van der Waals surface area contributed by atoms with Gasteiger partial charge in [0.05, 0.1) is 11.5 Å². The van der Waals surface area contributed by atoms with Gasteiger partial charge in [-0.3, -0.25) is 0 Å². The first-order chi connectivity index (χ1) is 9.22. The molecule has 0 heterocycles. The van der Waals surface area contributed by atoms with E-state index in [1.807, 2.05) is 6.07 Å². The number of carboxylic acids is 1. The maximum Gasteiger partial charge on any atom is 0.163 e. The topological polar surface area (TPSA) is 73.1 Å². The third kappa shape index (κ3) is 2.90. The highest BCUT2D eigenvalue weighted by Gasteiger charge is 2.16. The van der Waals surface area contributed by atoms with E-state index >= 15 is 0 Å².